The maximum Gasteiger partial charge on any atom is 0.108 e. The summed E-state index contributed by atoms with van der Waals surface area (Å²) in [5, 5.41) is 7.16. The molecular formula is C21H25N3. The number of nitrogens with one attached hydrogen (secondary N) is 2. The van der Waals surface area contributed by atoms with E-state index in [1.165, 1.54) is 28.2 Å². The SMILES string of the molecule is Cc1ccc(CN=C2Nc3ccccc3CC23CCNCC3)cc1. The standard InChI is InChI=1S/C21H25N3/c1-16-6-8-17(9-7-16)15-23-20-21(10-12-22-13-11-21)14-18-4-2-3-5-19(18)24-20/h2-9,22H,10-15H2,1H3,(H,23,24). The molecule has 2 aliphatic rings. The van der Waals surface area contributed by atoms with E-state index in [2.05, 4.69) is 66.1 Å². The largest absolute Gasteiger partial charge is 0.343 e. The Balaban J connectivity index is 1.65. The first-order chi connectivity index (χ1) is 11.8. The van der Waals surface area contributed by atoms with Gasteiger partial charge in [-0.2, -0.15) is 0 Å². The van der Waals surface area contributed by atoms with Crippen molar-refractivity contribution in [2.75, 3.05) is 18.4 Å². The highest BCUT2D eigenvalue weighted by molar-refractivity contribution is 6.02. The number of benzene rings is 2. The Morgan fingerprint density at radius 2 is 1.75 bits per heavy atom. The number of amidine groups is 1. The minimum absolute atomic E-state index is 0.171. The van der Waals surface area contributed by atoms with Crippen LogP contribution in [0.1, 0.15) is 29.5 Å². The molecule has 4 rings (SSSR count). The smallest absolute Gasteiger partial charge is 0.108 e. The summed E-state index contributed by atoms with van der Waals surface area (Å²) in [5.41, 5.74) is 5.39. The monoisotopic (exact) mass is 319 g/mol. The minimum atomic E-state index is 0.171. The number of para-hydroxylation sites is 1. The number of anilines is 1. The van der Waals surface area contributed by atoms with E-state index >= 15 is 0 Å². The summed E-state index contributed by atoms with van der Waals surface area (Å²) in [7, 11) is 0. The highest BCUT2D eigenvalue weighted by Crippen LogP contribution is 2.40. The highest BCUT2D eigenvalue weighted by Gasteiger charge is 2.40. The van der Waals surface area contributed by atoms with E-state index in [0.717, 1.165) is 38.9 Å². The summed E-state index contributed by atoms with van der Waals surface area (Å²) in [6, 6.07) is 17.4. The molecule has 0 aliphatic carbocycles. The molecule has 1 saturated heterocycles. The zero-order chi connectivity index (χ0) is 16.4. The van der Waals surface area contributed by atoms with Gasteiger partial charge in [-0.05, 0) is 56.5 Å². The van der Waals surface area contributed by atoms with E-state index in [1.807, 2.05) is 0 Å². The van der Waals surface area contributed by atoms with Gasteiger partial charge in [-0.1, -0.05) is 48.0 Å². The normalized spacial score (nSPS) is 20.6. The third-order valence-electron chi connectivity index (χ3n) is 5.40. The molecule has 2 aromatic rings. The van der Waals surface area contributed by atoms with Gasteiger partial charge in [0.2, 0.25) is 0 Å². The first-order valence-corrected chi connectivity index (χ1v) is 8.91. The number of fused-ring (bicyclic) bond motifs is 1. The van der Waals surface area contributed by atoms with Crippen LogP contribution in [-0.4, -0.2) is 18.9 Å². The molecule has 2 aliphatic heterocycles. The Morgan fingerprint density at radius 3 is 2.54 bits per heavy atom. The maximum absolute atomic E-state index is 5.04. The van der Waals surface area contributed by atoms with Gasteiger partial charge in [0.15, 0.2) is 0 Å². The van der Waals surface area contributed by atoms with E-state index in [1.54, 1.807) is 0 Å². The van der Waals surface area contributed by atoms with Crippen molar-refractivity contribution in [3.05, 3.63) is 65.2 Å². The molecule has 3 heteroatoms. The van der Waals surface area contributed by atoms with Crippen LogP contribution in [0.25, 0.3) is 0 Å². The van der Waals surface area contributed by atoms with Crippen LogP contribution in [-0.2, 0) is 13.0 Å². The molecule has 0 unspecified atom stereocenters. The van der Waals surface area contributed by atoms with Crippen molar-refractivity contribution >= 4 is 11.5 Å². The molecule has 0 atom stereocenters. The Bertz CT molecular complexity index is 740. The lowest BCUT2D eigenvalue weighted by molar-refractivity contribution is 0.293. The number of hydrogen-bond donors (Lipinski definition) is 2. The molecule has 0 bridgehead atoms. The van der Waals surface area contributed by atoms with Crippen LogP contribution < -0.4 is 10.6 Å². The molecular weight excluding hydrogens is 294 g/mol. The van der Waals surface area contributed by atoms with Crippen LogP contribution in [0.15, 0.2) is 53.5 Å². The molecule has 0 radical (unpaired) electrons. The van der Waals surface area contributed by atoms with E-state index in [0.29, 0.717) is 0 Å². The molecule has 0 amide bonds. The summed E-state index contributed by atoms with van der Waals surface area (Å²) in [4.78, 5) is 5.04. The van der Waals surface area contributed by atoms with Crippen molar-refractivity contribution in [2.45, 2.75) is 32.7 Å². The minimum Gasteiger partial charge on any atom is -0.343 e. The van der Waals surface area contributed by atoms with Gasteiger partial charge in [-0.25, -0.2) is 0 Å². The van der Waals surface area contributed by atoms with Gasteiger partial charge in [0, 0.05) is 11.1 Å². The van der Waals surface area contributed by atoms with Crippen molar-refractivity contribution in [2.24, 2.45) is 10.4 Å². The lowest BCUT2D eigenvalue weighted by Gasteiger charge is -2.42. The van der Waals surface area contributed by atoms with E-state index in [4.69, 9.17) is 4.99 Å². The number of aliphatic imine (C=N–C) groups is 1. The van der Waals surface area contributed by atoms with Gasteiger partial charge >= 0.3 is 0 Å². The van der Waals surface area contributed by atoms with Crippen molar-refractivity contribution in [1.82, 2.24) is 5.32 Å². The van der Waals surface area contributed by atoms with Gasteiger partial charge in [-0.15, -0.1) is 0 Å². The molecule has 24 heavy (non-hydrogen) atoms. The summed E-state index contributed by atoms with van der Waals surface area (Å²) in [6.45, 7) is 5.03. The molecule has 124 valence electrons. The number of aryl methyl sites for hydroxylation is 1. The first kappa shape index (κ1) is 15.4. The second-order valence-electron chi connectivity index (χ2n) is 7.14. The number of rotatable bonds is 2. The van der Waals surface area contributed by atoms with Crippen LogP contribution in [0.4, 0.5) is 5.69 Å². The summed E-state index contributed by atoms with van der Waals surface area (Å²) < 4.78 is 0. The van der Waals surface area contributed by atoms with Crippen molar-refractivity contribution < 1.29 is 0 Å². The average Bonchev–Trinajstić information content (AvgIpc) is 2.62. The quantitative estimate of drug-likeness (QED) is 0.880. The van der Waals surface area contributed by atoms with Gasteiger partial charge in [-0.3, -0.25) is 4.99 Å². The number of piperidine rings is 1. The van der Waals surface area contributed by atoms with E-state index in [9.17, 15) is 0 Å². The lowest BCUT2D eigenvalue weighted by atomic mass is 9.71. The molecule has 1 spiro atoms. The molecule has 0 saturated carbocycles. The van der Waals surface area contributed by atoms with Crippen LogP contribution >= 0.6 is 0 Å². The lowest BCUT2D eigenvalue weighted by Crippen LogP contribution is -2.48. The Morgan fingerprint density at radius 1 is 1.00 bits per heavy atom. The van der Waals surface area contributed by atoms with Crippen molar-refractivity contribution in [3.8, 4) is 0 Å². The Hall–Kier alpha value is -2.13. The van der Waals surface area contributed by atoms with E-state index < -0.39 is 0 Å². The second-order valence-corrected chi connectivity index (χ2v) is 7.14. The van der Waals surface area contributed by atoms with Crippen molar-refractivity contribution in [1.29, 1.82) is 0 Å². The van der Waals surface area contributed by atoms with Gasteiger partial charge in [0.1, 0.15) is 5.84 Å². The molecule has 2 heterocycles. The third kappa shape index (κ3) is 2.96. The van der Waals surface area contributed by atoms with Gasteiger partial charge < -0.3 is 10.6 Å². The Labute approximate surface area is 144 Å². The van der Waals surface area contributed by atoms with Gasteiger partial charge in [0.25, 0.3) is 0 Å². The zero-order valence-electron chi connectivity index (χ0n) is 14.3. The molecule has 0 aromatic heterocycles. The molecule has 3 nitrogen and oxygen atoms in total. The first-order valence-electron chi connectivity index (χ1n) is 8.91. The number of nitrogens with zero attached hydrogens (tertiary/aromatic N) is 1. The maximum atomic E-state index is 5.04. The fourth-order valence-corrected chi connectivity index (χ4v) is 3.89. The third-order valence-corrected chi connectivity index (χ3v) is 5.40. The van der Waals surface area contributed by atoms with Crippen LogP contribution in [0.3, 0.4) is 0 Å². The summed E-state index contributed by atoms with van der Waals surface area (Å²) >= 11 is 0. The average molecular weight is 319 g/mol. The van der Waals surface area contributed by atoms with Crippen molar-refractivity contribution in [3.63, 3.8) is 0 Å². The van der Waals surface area contributed by atoms with E-state index in [-0.39, 0.29) is 5.41 Å². The topological polar surface area (TPSA) is 36.4 Å². The second kappa shape index (κ2) is 6.40. The number of hydrogen-bond acceptors (Lipinski definition) is 2. The fourth-order valence-electron chi connectivity index (χ4n) is 3.89. The zero-order valence-corrected chi connectivity index (χ0v) is 14.3. The van der Waals surface area contributed by atoms with Crippen LogP contribution in [0.2, 0.25) is 0 Å². The summed E-state index contributed by atoms with van der Waals surface area (Å²) in [6.07, 6.45) is 3.41. The predicted molar refractivity (Wildman–Crippen MR) is 101 cm³/mol. The van der Waals surface area contributed by atoms with Gasteiger partial charge in [0.05, 0.1) is 6.54 Å². The highest BCUT2D eigenvalue weighted by atomic mass is 15.0. The molecule has 2 N–H and O–H groups in total. The van der Waals surface area contributed by atoms with Crippen LogP contribution in [0.5, 0.6) is 0 Å². The molecule has 2 aromatic carbocycles. The summed E-state index contributed by atoms with van der Waals surface area (Å²) in [5.74, 6) is 1.18. The Kier molecular flexibility index (Phi) is 4.11. The predicted octanol–water partition coefficient (Wildman–Crippen LogP) is 3.93. The van der Waals surface area contributed by atoms with Crippen LogP contribution in [0, 0.1) is 12.3 Å². The molecule has 1 fully saturated rings. The fraction of sp³-hybridized carbons (Fsp3) is 0.381.